The fourth-order valence-electron chi connectivity index (χ4n) is 8.86. The summed E-state index contributed by atoms with van der Waals surface area (Å²) in [6, 6.07) is 42.2. The predicted octanol–water partition coefficient (Wildman–Crippen LogP) is 15.1. The number of nitrogens with zero attached hydrogens (tertiary/aromatic N) is 2. The molecule has 3 fully saturated rings. The first kappa shape index (κ1) is 56.2. The quantitative estimate of drug-likeness (QED) is 0.0994. The molecule has 0 atom stereocenters. The SMILES string of the molecule is CC1(C)OB(B2OC(C)(C)C(C)(C)O2)OC1(C)C.CC1(C)OB(c2ccc(-n3c4ccccc4c4ccccc43)c(F)c2)OC1(C)C.CI.CI.Fc1cc(Cl)ccc1-n1c2ccccc2c2ccccc21. The molecule has 72 heavy (non-hydrogen) atoms. The Morgan fingerprint density at radius 3 is 0.972 bits per heavy atom. The monoisotopic (exact) mass is 1220 g/mol. The number of halogens is 5. The topological polar surface area (TPSA) is 65.2 Å². The molecule has 5 heterocycles. The molecular formula is C56H64B3ClF2I2N2O6. The van der Waals surface area contributed by atoms with Gasteiger partial charge in [0.2, 0.25) is 0 Å². The molecule has 3 aliphatic heterocycles. The molecule has 16 heteroatoms. The van der Waals surface area contributed by atoms with Crippen LogP contribution in [0.1, 0.15) is 83.1 Å². The zero-order valence-electron chi connectivity index (χ0n) is 43.7. The summed E-state index contributed by atoms with van der Waals surface area (Å²) in [6.07, 6.45) is 0. The minimum atomic E-state index is -0.582. The first-order valence-electron chi connectivity index (χ1n) is 24.0. The van der Waals surface area contributed by atoms with Crippen molar-refractivity contribution in [2.24, 2.45) is 0 Å². The third-order valence-electron chi connectivity index (χ3n) is 14.8. The summed E-state index contributed by atoms with van der Waals surface area (Å²) in [5.41, 5.74) is 3.29. The molecule has 2 aromatic heterocycles. The molecule has 3 saturated heterocycles. The summed E-state index contributed by atoms with van der Waals surface area (Å²) >= 11 is 10.2. The number of rotatable bonds is 4. The highest BCUT2D eigenvalue weighted by Crippen LogP contribution is 2.43. The van der Waals surface area contributed by atoms with E-state index in [2.05, 4.69) is 69.4 Å². The Morgan fingerprint density at radius 1 is 0.389 bits per heavy atom. The Labute approximate surface area is 457 Å². The van der Waals surface area contributed by atoms with Gasteiger partial charge in [-0.25, -0.2) is 8.78 Å². The summed E-state index contributed by atoms with van der Waals surface area (Å²) in [7, 11) is -1.53. The molecule has 0 saturated carbocycles. The van der Waals surface area contributed by atoms with E-state index in [1.54, 1.807) is 12.1 Å². The third kappa shape index (κ3) is 10.7. The lowest BCUT2D eigenvalue weighted by Crippen LogP contribution is -2.41. The number of hydrogen-bond acceptors (Lipinski definition) is 6. The van der Waals surface area contributed by atoms with Crippen molar-refractivity contribution in [1.29, 1.82) is 0 Å². The lowest BCUT2D eigenvalue weighted by molar-refractivity contribution is 0.00578. The Hall–Kier alpha value is -3.52. The van der Waals surface area contributed by atoms with Crippen LogP contribution in [0, 0.1) is 11.6 Å². The zero-order valence-corrected chi connectivity index (χ0v) is 48.7. The van der Waals surface area contributed by atoms with Crippen LogP contribution >= 0.6 is 56.8 Å². The maximum atomic E-state index is 15.4. The minimum absolute atomic E-state index is 0.302. The summed E-state index contributed by atoms with van der Waals surface area (Å²) in [5.74, 6) is -0.627. The molecule has 8 aromatic rings. The Bertz CT molecular complexity index is 3030. The molecular weight excluding hydrogens is 1160 g/mol. The van der Waals surface area contributed by atoms with E-state index in [-0.39, 0.29) is 34.0 Å². The van der Waals surface area contributed by atoms with E-state index in [0.717, 1.165) is 43.6 Å². The number of fused-ring (bicyclic) bond motifs is 6. The molecule has 378 valence electrons. The number of alkyl halides is 2. The van der Waals surface area contributed by atoms with Crippen LogP contribution in [0.5, 0.6) is 0 Å². The number of hydrogen-bond donors (Lipinski definition) is 0. The van der Waals surface area contributed by atoms with Gasteiger partial charge in [-0.3, -0.25) is 0 Å². The minimum Gasteiger partial charge on any atom is -0.405 e. The second-order valence-corrected chi connectivity index (χ2v) is 21.3. The molecule has 0 spiro atoms. The van der Waals surface area contributed by atoms with Crippen molar-refractivity contribution in [3.8, 4) is 11.4 Å². The number of benzene rings is 6. The van der Waals surface area contributed by atoms with Gasteiger partial charge in [0, 0.05) is 26.6 Å². The summed E-state index contributed by atoms with van der Waals surface area (Å²) in [5, 5.41) is 4.84. The van der Waals surface area contributed by atoms with E-state index in [9.17, 15) is 4.39 Å². The largest absolute Gasteiger partial charge is 0.494 e. The fraction of sp³-hybridized carbons (Fsp3) is 0.357. The summed E-state index contributed by atoms with van der Waals surface area (Å²) < 4.78 is 69.7. The molecule has 0 aliphatic carbocycles. The number of para-hydroxylation sites is 4. The van der Waals surface area contributed by atoms with Crippen LogP contribution in [0.15, 0.2) is 133 Å². The lowest BCUT2D eigenvalue weighted by Gasteiger charge is -2.32. The standard InChI is InChI=1S/C24H23BFNO2.C18H11ClFN.C12H24B2O4.2CH3I/c1-23(2)24(3,4)29-25(28-23)16-13-14-22(19(26)15-16)27-20-11-7-5-9-17(20)18-10-6-8-12-21(18)27;19-12-9-10-18(15(20)11-12)21-16-7-3-1-5-13(16)14-6-2-4-8-17(14)21;1-9(2)10(3,4)16-13(15-9)14-17-11(5,6)12(7,8)18-14;2*1-2/h5-15H,1-4H3;1-11H;1-8H3;2*1H3. The van der Waals surface area contributed by atoms with Gasteiger partial charge in [-0.1, -0.05) is 136 Å². The van der Waals surface area contributed by atoms with Crippen molar-refractivity contribution < 1.29 is 36.7 Å². The van der Waals surface area contributed by atoms with E-state index in [0.29, 0.717) is 21.9 Å². The summed E-state index contributed by atoms with van der Waals surface area (Å²) in [6.45, 7) is 24.2. The molecule has 0 N–H and O–H groups in total. The van der Waals surface area contributed by atoms with Crippen LogP contribution in [-0.4, -0.2) is 73.7 Å². The van der Waals surface area contributed by atoms with E-state index in [1.807, 2.05) is 187 Å². The summed E-state index contributed by atoms with van der Waals surface area (Å²) in [4.78, 5) is 3.94. The zero-order chi connectivity index (χ0) is 52.8. The van der Waals surface area contributed by atoms with Crippen LogP contribution in [0.4, 0.5) is 8.78 Å². The molecule has 3 aliphatic rings. The first-order valence-corrected chi connectivity index (χ1v) is 28.7. The van der Waals surface area contributed by atoms with E-state index < -0.39 is 32.3 Å². The van der Waals surface area contributed by atoms with Crippen molar-refractivity contribution in [2.75, 3.05) is 9.86 Å². The van der Waals surface area contributed by atoms with Crippen LogP contribution in [-0.2, 0) is 27.9 Å². The highest BCUT2D eigenvalue weighted by atomic mass is 127. The maximum Gasteiger partial charge on any atom is 0.494 e. The van der Waals surface area contributed by atoms with Gasteiger partial charge in [-0.05, 0) is 153 Å². The molecule has 8 nitrogen and oxygen atoms in total. The molecule has 0 unspecified atom stereocenters. The van der Waals surface area contributed by atoms with E-state index >= 15 is 4.39 Å². The van der Waals surface area contributed by atoms with Gasteiger partial charge in [0.05, 0.1) is 67.0 Å². The number of aromatic nitrogens is 2. The van der Waals surface area contributed by atoms with Crippen LogP contribution in [0.25, 0.3) is 55.0 Å². The second kappa shape index (κ2) is 21.6. The van der Waals surface area contributed by atoms with Gasteiger partial charge < -0.3 is 37.1 Å². The van der Waals surface area contributed by atoms with E-state index in [1.165, 1.54) is 12.1 Å². The Morgan fingerprint density at radius 2 is 0.667 bits per heavy atom. The predicted molar refractivity (Wildman–Crippen MR) is 314 cm³/mol. The van der Waals surface area contributed by atoms with Crippen LogP contribution < -0.4 is 5.46 Å². The maximum absolute atomic E-state index is 15.4. The molecule has 0 amide bonds. The van der Waals surface area contributed by atoms with Gasteiger partial charge in [-0.15, -0.1) is 0 Å². The van der Waals surface area contributed by atoms with Crippen molar-refractivity contribution in [3.63, 3.8) is 0 Å². The van der Waals surface area contributed by atoms with Gasteiger partial charge in [0.25, 0.3) is 0 Å². The van der Waals surface area contributed by atoms with Gasteiger partial charge >= 0.3 is 21.1 Å². The highest BCUT2D eigenvalue weighted by molar-refractivity contribution is 14.1. The molecule has 6 aromatic carbocycles. The fourth-order valence-corrected chi connectivity index (χ4v) is 9.02. The third-order valence-corrected chi connectivity index (χ3v) is 15.0. The van der Waals surface area contributed by atoms with E-state index in [4.69, 9.17) is 39.5 Å². The average molecular weight is 1220 g/mol. The van der Waals surface area contributed by atoms with Crippen molar-refractivity contribution in [1.82, 2.24) is 9.13 Å². The lowest BCUT2D eigenvalue weighted by atomic mass is 9.49. The Kier molecular flexibility index (Phi) is 16.9. The molecule has 11 rings (SSSR count). The van der Waals surface area contributed by atoms with Gasteiger partial charge in [0.15, 0.2) is 0 Å². The average Bonchev–Trinajstić information content (AvgIpc) is 4.05. The van der Waals surface area contributed by atoms with Gasteiger partial charge in [-0.2, -0.15) is 0 Å². The smallest absolute Gasteiger partial charge is 0.405 e. The molecule has 0 radical (unpaired) electrons. The second-order valence-electron chi connectivity index (χ2n) is 20.9. The highest BCUT2D eigenvalue weighted by Gasteiger charge is 2.63. The van der Waals surface area contributed by atoms with Crippen LogP contribution in [0.3, 0.4) is 0 Å². The van der Waals surface area contributed by atoms with Crippen molar-refractivity contribution in [2.45, 2.75) is 117 Å². The first-order chi connectivity index (χ1) is 33.9. The van der Waals surface area contributed by atoms with Crippen molar-refractivity contribution >= 4 is 127 Å². The Balaban J connectivity index is 0.000000158. The van der Waals surface area contributed by atoms with Gasteiger partial charge in [0.1, 0.15) is 11.6 Å². The van der Waals surface area contributed by atoms with Crippen LogP contribution in [0.2, 0.25) is 5.02 Å². The van der Waals surface area contributed by atoms with Crippen molar-refractivity contribution in [3.05, 3.63) is 150 Å². The normalized spacial score (nSPS) is 18.7. The molecule has 0 bridgehead atoms.